The zero-order chi connectivity index (χ0) is 24.9. The summed E-state index contributed by atoms with van der Waals surface area (Å²) in [5.41, 5.74) is 0.455. The Morgan fingerprint density at radius 1 is 1.12 bits per heavy atom. The molecule has 0 bridgehead atoms. The summed E-state index contributed by atoms with van der Waals surface area (Å²) < 4.78 is 45.5. The quantitative estimate of drug-likeness (QED) is 0.498. The van der Waals surface area contributed by atoms with Crippen molar-refractivity contribution in [2.45, 2.75) is 6.36 Å². The second-order valence-electron chi connectivity index (χ2n) is 6.99. The molecule has 34 heavy (non-hydrogen) atoms. The minimum atomic E-state index is -4.84. The van der Waals surface area contributed by atoms with Gasteiger partial charge >= 0.3 is 12.3 Å². The number of halogens is 3. The van der Waals surface area contributed by atoms with Crippen LogP contribution in [0.4, 0.5) is 24.5 Å². The number of β-amino-alcohol motifs (C(OH)–C–C–N with tert-alkyl or cyclic N) is 1. The summed E-state index contributed by atoms with van der Waals surface area (Å²) in [6.07, 6.45) is -4.84. The Morgan fingerprint density at radius 3 is 2.41 bits per heavy atom. The van der Waals surface area contributed by atoms with E-state index in [9.17, 15) is 27.6 Å². The van der Waals surface area contributed by atoms with Crippen LogP contribution in [0.3, 0.4) is 0 Å². The van der Waals surface area contributed by atoms with Crippen molar-refractivity contribution < 1.29 is 42.1 Å². The predicted octanol–water partition coefficient (Wildman–Crippen LogP) is 2.51. The molecule has 0 fully saturated rings. The molecule has 0 spiro atoms. The monoisotopic (exact) mass is 479 g/mol. The third-order valence-electron chi connectivity index (χ3n) is 4.73. The van der Waals surface area contributed by atoms with Gasteiger partial charge in [0.1, 0.15) is 11.4 Å². The van der Waals surface area contributed by atoms with E-state index in [2.05, 4.69) is 15.4 Å². The molecule has 2 amide bonds. The van der Waals surface area contributed by atoms with Crippen molar-refractivity contribution in [1.29, 1.82) is 0 Å². The van der Waals surface area contributed by atoms with Crippen molar-refractivity contribution in [2.24, 2.45) is 0 Å². The van der Waals surface area contributed by atoms with E-state index in [-0.39, 0.29) is 47.9 Å². The van der Waals surface area contributed by atoms with Crippen LogP contribution in [0, 0.1) is 0 Å². The number of nitrogens with zero attached hydrogens (tertiary/aromatic N) is 1. The number of nitrogens with one attached hydrogen (secondary N) is 2. The molecular formula is C22H20F3N3O6. The van der Waals surface area contributed by atoms with E-state index in [1.54, 1.807) is 12.1 Å². The first-order chi connectivity index (χ1) is 16.1. The first-order valence-electron chi connectivity index (χ1n) is 9.87. The molecule has 3 N–H and O–H groups in total. The van der Waals surface area contributed by atoms with Gasteiger partial charge in [-0.05, 0) is 36.4 Å². The molecule has 0 saturated heterocycles. The molecule has 0 saturated carbocycles. The van der Waals surface area contributed by atoms with Crippen molar-refractivity contribution in [3.8, 4) is 5.75 Å². The average Bonchev–Trinajstić information content (AvgIpc) is 3.09. The number of benzene rings is 2. The van der Waals surface area contributed by atoms with Crippen LogP contribution in [0.5, 0.6) is 5.75 Å². The van der Waals surface area contributed by atoms with Gasteiger partial charge in [-0.2, -0.15) is 0 Å². The highest BCUT2D eigenvalue weighted by molar-refractivity contribution is 6.11. The van der Waals surface area contributed by atoms with Crippen LogP contribution in [0.2, 0.25) is 0 Å². The van der Waals surface area contributed by atoms with Crippen molar-refractivity contribution in [1.82, 2.24) is 4.90 Å². The highest BCUT2D eigenvalue weighted by atomic mass is 19.4. The fourth-order valence-corrected chi connectivity index (χ4v) is 3.21. The van der Waals surface area contributed by atoms with Gasteiger partial charge in [-0.1, -0.05) is 12.1 Å². The van der Waals surface area contributed by atoms with Gasteiger partial charge in [0.15, 0.2) is 0 Å². The number of methoxy groups -OCH3 is 1. The lowest BCUT2D eigenvalue weighted by molar-refractivity contribution is -0.274. The van der Waals surface area contributed by atoms with Crippen LogP contribution in [0.15, 0.2) is 59.8 Å². The first kappa shape index (κ1) is 24.6. The van der Waals surface area contributed by atoms with E-state index in [1.807, 2.05) is 0 Å². The summed E-state index contributed by atoms with van der Waals surface area (Å²) >= 11 is 0. The summed E-state index contributed by atoms with van der Waals surface area (Å²) in [6.45, 7) is -0.380. The number of aliphatic hydroxyl groups is 1. The van der Waals surface area contributed by atoms with Gasteiger partial charge in [-0.25, -0.2) is 4.79 Å². The number of carbonyl (C=O) groups is 3. The average molecular weight is 479 g/mol. The van der Waals surface area contributed by atoms with Crippen LogP contribution in [-0.2, 0) is 14.3 Å². The number of ether oxygens (including phenoxy) is 2. The van der Waals surface area contributed by atoms with E-state index >= 15 is 0 Å². The number of hydrogen-bond donors (Lipinski definition) is 3. The lowest BCUT2D eigenvalue weighted by atomic mass is 10.1. The summed E-state index contributed by atoms with van der Waals surface area (Å²) in [6, 6.07) is 10.7. The normalized spacial score (nSPS) is 13.7. The van der Waals surface area contributed by atoms with E-state index in [0.29, 0.717) is 0 Å². The summed E-state index contributed by atoms with van der Waals surface area (Å²) in [7, 11) is 1.17. The maximum absolute atomic E-state index is 12.8. The SMILES string of the molecule is COC(=O)C1=C(Nc2ccccc2C(=O)Nc2ccc(OC(F)(F)F)cc2)C(=O)N(CCO)C1. The predicted molar refractivity (Wildman–Crippen MR) is 114 cm³/mol. The van der Waals surface area contributed by atoms with Crippen molar-refractivity contribution in [2.75, 3.05) is 37.4 Å². The van der Waals surface area contributed by atoms with Crippen molar-refractivity contribution in [3.05, 3.63) is 65.4 Å². The Hall–Kier alpha value is -4.06. The second-order valence-corrected chi connectivity index (χ2v) is 6.99. The summed E-state index contributed by atoms with van der Waals surface area (Å²) in [5.74, 6) is -2.35. The van der Waals surface area contributed by atoms with Gasteiger partial charge in [0.2, 0.25) is 0 Å². The van der Waals surface area contributed by atoms with E-state index in [0.717, 1.165) is 12.1 Å². The third kappa shape index (κ3) is 5.84. The smallest absolute Gasteiger partial charge is 0.466 e. The molecule has 1 aliphatic rings. The Kier molecular flexibility index (Phi) is 7.41. The lowest BCUT2D eigenvalue weighted by Crippen LogP contribution is -2.31. The van der Waals surface area contributed by atoms with Crippen molar-refractivity contribution in [3.63, 3.8) is 0 Å². The van der Waals surface area contributed by atoms with Crippen LogP contribution in [0.25, 0.3) is 0 Å². The standard InChI is InChI=1S/C22H20F3N3O6/c1-33-21(32)16-12-28(10-11-29)20(31)18(16)27-17-5-3-2-4-15(17)19(30)26-13-6-8-14(9-7-13)34-22(23,24)25/h2-9,27,29H,10-12H2,1H3,(H,26,30). The molecule has 0 atom stereocenters. The molecule has 2 aromatic rings. The van der Waals surface area contributed by atoms with Gasteiger partial charge < -0.3 is 30.1 Å². The van der Waals surface area contributed by atoms with E-state index in [4.69, 9.17) is 9.84 Å². The number of hydrogen-bond acceptors (Lipinski definition) is 7. The molecular weight excluding hydrogens is 459 g/mol. The summed E-state index contributed by atoms with van der Waals surface area (Å²) in [4.78, 5) is 39.0. The molecule has 3 rings (SSSR count). The Morgan fingerprint density at radius 2 is 1.79 bits per heavy atom. The first-order valence-corrected chi connectivity index (χ1v) is 9.87. The number of aliphatic hydroxyl groups excluding tert-OH is 1. The largest absolute Gasteiger partial charge is 0.573 e. The fraction of sp³-hybridized carbons (Fsp3) is 0.227. The van der Waals surface area contributed by atoms with Crippen LogP contribution >= 0.6 is 0 Å². The van der Waals surface area contributed by atoms with E-state index < -0.39 is 29.9 Å². The number of para-hydroxylation sites is 1. The molecule has 1 aliphatic heterocycles. The number of esters is 1. The highest BCUT2D eigenvalue weighted by Crippen LogP contribution is 2.27. The topological polar surface area (TPSA) is 117 Å². The fourth-order valence-electron chi connectivity index (χ4n) is 3.21. The minimum absolute atomic E-state index is 0.000683. The maximum Gasteiger partial charge on any atom is 0.573 e. The second kappa shape index (κ2) is 10.3. The van der Waals surface area contributed by atoms with Gasteiger partial charge in [0, 0.05) is 12.2 Å². The number of alkyl halides is 3. The van der Waals surface area contributed by atoms with Gasteiger partial charge in [0.05, 0.1) is 37.1 Å². The Balaban J connectivity index is 1.82. The number of rotatable bonds is 8. The third-order valence-corrected chi connectivity index (χ3v) is 4.73. The molecule has 2 aromatic carbocycles. The Labute approximate surface area is 191 Å². The number of carbonyl (C=O) groups excluding carboxylic acids is 3. The molecule has 0 aliphatic carbocycles. The molecule has 0 aromatic heterocycles. The van der Waals surface area contributed by atoms with Crippen LogP contribution in [0.1, 0.15) is 10.4 Å². The molecule has 0 radical (unpaired) electrons. The maximum atomic E-state index is 12.8. The minimum Gasteiger partial charge on any atom is -0.466 e. The summed E-state index contributed by atoms with van der Waals surface area (Å²) in [5, 5.41) is 14.5. The Bertz CT molecular complexity index is 1120. The van der Waals surface area contributed by atoms with E-state index in [1.165, 1.54) is 36.3 Å². The number of anilines is 2. The van der Waals surface area contributed by atoms with Gasteiger partial charge in [-0.3, -0.25) is 9.59 Å². The molecule has 9 nitrogen and oxygen atoms in total. The number of amides is 2. The van der Waals surface area contributed by atoms with Crippen molar-refractivity contribution >= 4 is 29.2 Å². The zero-order valence-electron chi connectivity index (χ0n) is 17.8. The van der Waals surface area contributed by atoms with Crippen LogP contribution < -0.4 is 15.4 Å². The molecule has 0 unspecified atom stereocenters. The molecule has 180 valence electrons. The van der Waals surface area contributed by atoms with Crippen LogP contribution in [-0.4, -0.2) is 61.0 Å². The highest BCUT2D eigenvalue weighted by Gasteiger charge is 2.35. The lowest BCUT2D eigenvalue weighted by Gasteiger charge is -2.16. The zero-order valence-corrected chi connectivity index (χ0v) is 17.8. The molecule has 1 heterocycles. The molecule has 12 heteroatoms. The van der Waals surface area contributed by atoms with Gasteiger partial charge in [-0.15, -0.1) is 13.2 Å². The van der Waals surface area contributed by atoms with Gasteiger partial charge in [0.25, 0.3) is 11.8 Å².